The van der Waals surface area contributed by atoms with Gasteiger partial charge in [-0.05, 0) is 55.1 Å². The number of sulfonamides is 1. The number of aliphatic carboxylic acids is 1. The summed E-state index contributed by atoms with van der Waals surface area (Å²) in [6, 6.07) is 6.17. The lowest BCUT2D eigenvalue weighted by Gasteiger charge is -2.37. The smallest absolute Gasteiger partial charge is 0.322 e. The number of carbonyl (C=O) groups is 1. The third-order valence-corrected chi connectivity index (χ3v) is 7.62. The van der Waals surface area contributed by atoms with E-state index in [1.54, 1.807) is 12.1 Å². The molecule has 1 aromatic carbocycles. The molecule has 1 saturated heterocycles. The first-order valence-electron chi connectivity index (χ1n) is 8.27. The van der Waals surface area contributed by atoms with Crippen molar-refractivity contribution in [2.45, 2.75) is 55.4 Å². The maximum atomic E-state index is 13.2. The summed E-state index contributed by atoms with van der Waals surface area (Å²) in [5, 5.41) is 9.53. The van der Waals surface area contributed by atoms with Gasteiger partial charge in [0.15, 0.2) is 0 Å². The highest BCUT2D eigenvalue weighted by molar-refractivity contribution is 7.89. The third kappa shape index (κ3) is 2.39. The normalized spacial score (nSPS) is 27.0. The van der Waals surface area contributed by atoms with Gasteiger partial charge in [-0.3, -0.25) is 4.79 Å². The minimum absolute atomic E-state index is 0.106. The molecule has 5 nitrogen and oxygen atoms in total. The number of carboxylic acid groups (broad SMARTS) is 1. The fraction of sp³-hybridized carbons (Fsp3) is 0.588. The van der Waals surface area contributed by atoms with Crippen LogP contribution < -0.4 is 0 Å². The lowest BCUT2D eigenvalue weighted by Crippen LogP contribution is -2.41. The van der Waals surface area contributed by atoms with Gasteiger partial charge in [-0.1, -0.05) is 24.6 Å². The first-order chi connectivity index (χ1) is 10.9. The zero-order chi connectivity index (χ0) is 16.2. The van der Waals surface area contributed by atoms with Gasteiger partial charge in [-0.25, -0.2) is 8.42 Å². The van der Waals surface area contributed by atoms with Crippen molar-refractivity contribution in [1.82, 2.24) is 4.31 Å². The van der Waals surface area contributed by atoms with E-state index in [1.807, 2.05) is 12.1 Å². The van der Waals surface area contributed by atoms with Crippen molar-refractivity contribution in [3.63, 3.8) is 0 Å². The Hall–Kier alpha value is -1.40. The van der Waals surface area contributed by atoms with E-state index in [2.05, 4.69) is 0 Å². The fourth-order valence-corrected chi connectivity index (χ4v) is 6.07. The highest BCUT2D eigenvalue weighted by Gasteiger charge is 2.54. The summed E-state index contributed by atoms with van der Waals surface area (Å²) in [6.07, 6.45) is 5.42. The van der Waals surface area contributed by atoms with Crippen LogP contribution in [0, 0.1) is 5.41 Å². The zero-order valence-corrected chi connectivity index (χ0v) is 13.8. The van der Waals surface area contributed by atoms with Crippen molar-refractivity contribution in [3.8, 4) is 0 Å². The average Bonchev–Trinajstić information content (AvgIpc) is 3.23. The maximum absolute atomic E-state index is 13.2. The average molecular weight is 335 g/mol. The van der Waals surface area contributed by atoms with E-state index in [-0.39, 0.29) is 5.41 Å². The fourth-order valence-electron chi connectivity index (χ4n) is 4.09. The van der Waals surface area contributed by atoms with Crippen molar-refractivity contribution in [2.75, 3.05) is 6.54 Å². The van der Waals surface area contributed by atoms with Gasteiger partial charge < -0.3 is 5.11 Å². The molecule has 1 unspecified atom stereocenters. The molecule has 0 amide bonds. The molecule has 3 fully saturated rings. The second kappa shape index (κ2) is 5.05. The minimum atomic E-state index is -3.76. The molecule has 0 bridgehead atoms. The highest BCUT2D eigenvalue weighted by Crippen LogP contribution is 2.52. The standard InChI is InChI=1S/C17H21NO4S/c19-16(20)14-10-17(8-3-9-17)11-18(14)23(21,22)15-5-2-1-4-13(15)12-6-7-12/h1-2,4-5,12,14H,3,6-11H2,(H,19,20). The molecule has 0 aromatic heterocycles. The van der Waals surface area contributed by atoms with Gasteiger partial charge in [-0.2, -0.15) is 4.31 Å². The van der Waals surface area contributed by atoms with E-state index >= 15 is 0 Å². The summed E-state index contributed by atoms with van der Waals surface area (Å²) in [6.45, 7) is 0.352. The predicted molar refractivity (Wildman–Crippen MR) is 84.6 cm³/mol. The van der Waals surface area contributed by atoms with E-state index in [9.17, 15) is 18.3 Å². The van der Waals surface area contributed by atoms with E-state index in [1.165, 1.54) is 4.31 Å². The Labute approximate surface area is 136 Å². The van der Waals surface area contributed by atoms with Gasteiger partial charge in [-0.15, -0.1) is 0 Å². The van der Waals surface area contributed by atoms with Crippen LogP contribution in [0.4, 0.5) is 0 Å². The monoisotopic (exact) mass is 335 g/mol. The molecule has 2 saturated carbocycles. The number of rotatable bonds is 4. The van der Waals surface area contributed by atoms with Crippen LogP contribution in [-0.4, -0.2) is 36.4 Å². The largest absolute Gasteiger partial charge is 0.480 e. The van der Waals surface area contributed by atoms with E-state index < -0.39 is 22.0 Å². The lowest BCUT2D eigenvalue weighted by molar-refractivity contribution is -0.140. The molecular formula is C17H21NO4S. The van der Waals surface area contributed by atoms with Crippen molar-refractivity contribution >= 4 is 16.0 Å². The number of hydrogen-bond donors (Lipinski definition) is 1. The van der Waals surface area contributed by atoms with E-state index in [0.29, 0.717) is 23.8 Å². The SMILES string of the molecule is O=C(O)C1CC2(CCC2)CN1S(=O)(=O)c1ccccc1C1CC1. The first-order valence-corrected chi connectivity index (χ1v) is 9.71. The summed E-state index contributed by atoms with van der Waals surface area (Å²) in [4.78, 5) is 12.0. The van der Waals surface area contributed by atoms with Gasteiger partial charge in [0, 0.05) is 6.54 Å². The summed E-state index contributed by atoms with van der Waals surface area (Å²) in [5.41, 5.74) is 0.746. The van der Waals surface area contributed by atoms with Crippen molar-refractivity contribution < 1.29 is 18.3 Å². The molecule has 1 atom stereocenters. The molecular weight excluding hydrogens is 314 g/mol. The summed E-state index contributed by atoms with van der Waals surface area (Å²) < 4.78 is 27.6. The summed E-state index contributed by atoms with van der Waals surface area (Å²) in [7, 11) is -3.76. The van der Waals surface area contributed by atoms with Crippen LogP contribution >= 0.6 is 0 Å². The van der Waals surface area contributed by atoms with Crippen molar-refractivity contribution in [3.05, 3.63) is 29.8 Å². The molecule has 1 spiro atoms. The molecule has 1 aliphatic heterocycles. The van der Waals surface area contributed by atoms with Crippen LogP contribution in [0.5, 0.6) is 0 Å². The van der Waals surface area contributed by atoms with Crippen LogP contribution in [-0.2, 0) is 14.8 Å². The molecule has 23 heavy (non-hydrogen) atoms. The number of nitrogens with zero attached hydrogens (tertiary/aromatic N) is 1. The van der Waals surface area contributed by atoms with Gasteiger partial charge in [0.2, 0.25) is 10.0 Å². The molecule has 2 aliphatic carbocycles. The molecule has 6 heteroatoms. The van der Waals surface area contributed by atoms with Crippen molar-refractivity contribution in [2.24, 2.45) is 5.41 Å². The molecule has 3 aliphatic rings. The Morgan fingerprint density at radius 2 is 1.91 bits per heavy atom. The van der Waals surface area contributed by atoms with Crippen molar-refractivity contribution in [1.29, 1.82) is 0 Å². The molecule has 4 rings (SSSR count). The number of carboxylic acids is 1. The summed E-state index contributed by atoms with van der Waals surface area (Å²) >= 11 is 0. The highest BCUT2D eigenvalue weighted by atomic mass is 32.2. The zero-order valence-electron chi connectivity index (χ0n) is 12.9. The van der Waals surface area contributed by atoms with E-state index in [4.69, 9.17) is 0 Å². The van der Waals surface area contributed by atoms with Crippen LogP contribution in [0.25, 0.3) is 0 Å². The second-order valence-electron chi connectivity index (χ2n) is 7.27. The maximum Gasteiger partial charge on any atom is 0.322 e. The predicted octanol–water partition coefficient (Wildman–Crippen LogP) is 2.58. The lowest BCUT2D eigenvalue weighted by atomic mass is 9.67. The molecule has 124 valence electrons. The van der Waals surface area contributed by atoms with Gasteiger partial charge in [0.25, 0.3) is 0 Å². The Balaban J connectivity index is 1.74. The van der Waals surface area contributed by atoms with Crippen LogP contribution in [0.3, 0.4) is 0 Å². The quantitative estimate of drug-likeness (QED) is 0.918. The van der Waals surface area contributed by atoms with Crippen LogP contribution in [0.1, 0.15) is 50.0 Å². The summed E-state index contributed by atoms with van der Waals surface area (Å²) in [5.74, 6) is -0.717. The van der Waals surface area contributed by atoms with Gasteiger partial charge in [0.1, 0.15) is 6.04 Å². The second-order valence-corrected chi connectivity index (χ2v) is 9.13. The van der Waals surface area contributed by atoms with Gasteiger partial charge >= 0.3 is 5.97 Å². The Morgan fingerprint density at radius 1 is 1.22 bits per heavy atom. The Morgan fingerprint density at radius 3 is 2.48 bits per heavy atom. The minimum Gasteiger partial charge on any atom is -0.480 e. The number of hydrogen-bond acceptors (Lipinski definition) is 3. The molecule has 1 aromatic rings. The number of benzene rings is 1. The first kappa shape index (κ1) is 15.1. The third-order valence-electron chi connectivity index (χ3n) is 5.69. The Kier molecular flexibility index (Phi) is 3.32. The topological polar surface area (TPSA) is 74.7 Å². The van der Waals surface area contributed by atoms with Crippen LogP contribution in [0.15, 0.2) is 29.2 Å². The van der Waals surface area contributed by atoms with Crippen LogP contribution in [0.2, 0.25) is 0 Å². The van der Waals surface area contributed by atoms with E-state index in [0.717, 1.165) is 37.7 Å². The molecule has 0 radical (unpaired) electrons. The Bertz CT molecular complexity index is 750. The van der Waals surface area contributed by atoms with Gasteiger partial charge in [0.05, 0.1) is 4.90 Å². The molecule has 1 heterocycles. The molecule has 1 N–H and O–H groups in total.